The Hall–Kier alpha value is -3.34. The van der Waals surface area contributed by atoms with Gasteiger partial charge in [0.1, 0.15) is 19.3 Å². The molecule has 4 heteroatoms. The molecular weight excluding hydrogens is 400 g/mol. The minimum Gasteiger partial charge on any atom is -0.487 e. The Morgan fingerprint density at radius 2 is 1.16 bits per heavy atom. The molecule has 0 radical (unpaired) electrons. The SMILES string of the molecule is OCC1=CC(OCc2ccccc2)=C(OCc2ccccc2)C(OCc2ccccc2)C1. The summed E-state index contributed by atoms with van der Waals surface area (Å²) in [7, 11) is 0. The number of allylic oxidation sites excluding steroid dienone is 1. The lowest BCUT2D eigenvalue weighted by atomic mass is 10.00. The minimum atomic E-state index is -0.336. The van der Waals surface area contributed by atoms with Crippen molar-refractivity contribution in [3.05, 3.63) is 131 Å². The molecule has 0 amide bonds. The smallest absolute Gasteiger partial charge is 0.167 e. The van der Waals surface area contributed by atoms with Gasteiger partial charge < -0.3 is 19.3 Å². The van der Waals surface area contributed by atoms with E-state index in [1.165, 1.54) is 0 Å². The fourth-order valence-electron chi connectivity index (χ4n) is 3.57. The Morgan fingerprint density at radius 1 is 0.656 bits per heavy atom. The third-order valence-electron chi connectivity index (χ3n) is 5.29. The third-order valence-corrected chi connectivity index (χ3v) is 5.29. The van der Waals surface area contributed by atoms with Crippen LogP contribution in [0, 0.1) is 0 Å². The van der Waals surface area contributed by atoms with E-state index in [0.717, 1.165) is 22.3 Å². The molecule has 0 fully saturated rings. The van der Waals surface area contributed by atoms with Gasteiger partial charge >= 0.3 is 0 Å². The lowest BCUT2D eigenvalue weighted by Gasteiger charge is -2.28. The molecule has 0 aromatic heterocycles. The van der Waals surface area contributed by atoms with Crippen molar-refractivity contribution in [2.24, 2.45) is 0 Å². The van der Waals surface area contributed by atoms with Gasteiger partial charge in [0.25, 0.3) is 0 Å². The topological polar surface area (TPSA) is 47.9 Å². The van der Waals surface area contributed by atoms with Gasteiger partial charge in [0, 0.05) is 6.42 Å². The van der Waals surface area contributed by atoms with E-state index in [9.17, 15) is 5.11 Å². The highest BCUT2D eigenvalue weighted by molar-refractivity contribution is 5.31. The molecule has 0 aliphatic heterocycles. The van der Waals surface area contributed by atoms with Gasteiger partial charge in [-0.15, -0.1) is 0 Å². The normalized spacial score (nSPS) is 15.9. The van der Waals surface area contributed by atoms with Gasteiger partial charge in [-0.2, -0.15) is 0 Å². The highest BCUT2D eigenvalue weighted by Crippen LogP contribution is 2.30. The van der Waals surface area contributed by atoms with E-state index < -0.39 is 0 Å². The molecule has 1 aliphatic carbocycles. The van der Waals surface area contributed by atoms with Crippen LogP contribution < -0.4 is 0 Å². The average Bonchev–Trinajstić information content (AvgIpc) is 2.87. The van der Waals surface area contributed by atoms with Crippen molar-refractivity contribution in [2.75, 3.05) is 6.61 Å². The van der Waals surface area contributed by atoms with Crippen LogP contribution in [-0.2, 0) is 34.0 Å². The molecule has 0 bridgehead atoms. The van der Waals surface area contributed by atoms with Crippen LogP contribution in [-0.4, -0.2) is 17.8 Å². The van der Waals surface area contributed by atoms with Crippen molar-refractivity contribution in [3.8, 4) is 0 Å². The van der Waals surface area contributed by atoms with Crippen molar-refractivity contribution in [1.29, 1.82) is 0 Å². The van der Waals surface area contributed by atoms with Crippen molar-refractivity contribution in [1.82, 2.24) is 0 Å². The molecule has 164 valence electrons. The van der Waals surface area contributed by atoms with Crippen LogP contribution in [0.25, 0.3) is 0 Å². The maximum atomic E-state index is 9.85. The summed E-state index contributed by atoms with van der Waals surface area (Å²) in [6.07, 6.45) is 2.11. The van der Waals surface area contributed by atoms with Gasteiger partial charge in [0.2, 0.25) is 0 Å². The van der Waals surface area contributed by atoms with Gasteiger partial charge in [-0.3, -0.25) is 0 Å². The van der Waals surface area contributed by atoms with Gasteiger partial charge in [0.15, 0.2) is 11.5 Å². The van der Waals surface area contributed by atoms with Crippen LogP contribution >= 0.6 is 0 Å². The second-order valence-corrected chi connectivity index (χ2v) is 7.73. The summed E-state index contributed by atoms with van der Waals surface area (Å²) in [5.41, 5.74) is 4.08. The monoisotopic (exact) mass is 428 g/mol. The van der Waals surface area contributed by atoms with Crippen molar-refractivity contribution < 1.29 is 19.3 Å². The summed E-state index contributed by atoms with van der Waals surface area (Å²) < 4.78 is 18.7. The zero-order valence-electron chi connectivity index (χ0n) is 18.0. The summed E-state index contributed by atoms with van der Waals surface area (Å²) in [5, 5.41) is 9.85. The Morgan fingerprint density at radius 3 is 1.69 bits per heavy atom. The number of ether oxygens (including phenoxy) is 3. The van der Waals surface area contributed by atoms with Gasteiger partial charge in [-0.25, -0.2) is 0 Å². The second kappa shape index (κ2) is 11.3. The summed E-state index contributed by atoms with van der Waals surface area (Å²) in [6.45, 7) is 1.24. The number of rotatable bonds is 10. The first-order valence-corrected chi connectivity index (χ1v) is 10.9. The number of aliphatic hydroxyl groups is 1. The number of benzene rings is 3. The van der Waals surface area contributed by atoms with Crippen molar-refractivity contribution in [2.45, 2.75) is 32.3 Å². The molecule has 0 heterocycles. The lowest BCUT2D eigenvalue weighted by molar-refractivity contribution is 0.00241. The Balaban J connectivity index is 1.56. The van der Waals surface area contributed by atoms with Crippen LogP contribution in [0.15, 0.2) is 114 Å². The van der Waals surface area contributed by atoms with Gasteiger partial charge in [-0.05, 0) is 28.3 Å². The van der Waals surface area contributed by atoms with Gasteiger partial charge in [-0.1, -0.05) is 91.0 Å². The van der Waals surface area contributed by atoms with Crippen LogP contribution in [0.3, 0.4) is 0 Å². The maximum Gasteiger partial charge on any atom is 0.167 e. The second-order valence-electron chi connectivity index (χ2n) is 7.73. The van der Waals surface area contributed by atoms with E-state index in [1.807, 2.05) is 97.1 Å². The van der Waals surface area contributed by atoms with E-state index in [1.54, 1.807) is 0 Å². The molecule has 3 aromatic carbocycles. The molecule has 4 rings (SSSR count). The van der Waals surface area contributed by atoms with E-state index in [0.29, 0.717) is 37.8 Å². The Bertz CT molecular complexity index is 1030. The fourth-order valence-corrected chi connectivity index (χ4v) is 3.57. The molecule has 1 N–H and O–H groups in total. The zero-order chi connectivity index (χ0) is 22.0. The molecule has 0 saturated carbocycles. The highest BCUT2D eigenvalue weighted by Gasteiger charge is 2.28. The standard InChI is InChI=1S/C28H28O4/c29-18-25-16-26(30-19-22-10-4-1-5-11-22)28(32-21-24-14-8-3-9-15-24)27(17-25)31-20-23-12-6-2-7-13-23/h1-16,27,29H,17-21H2. The number of aliphatic hydroxyl groups excluding tert-OH is 1. The van der Waals surface area contributed by atoms with E-state index in [2.05, 4.69) is 0 Å². The first-order valence-electron chi connectivity index (χ1n) is 10.9. The highest BCUT2D eigenvalue weighted by atomic mass is 16.6. The molecule has 0 saturated heterocycles. The summed E-state index contributed by atoms with van der Waals surface area (Å²) >= 11 is 0. The Labute approximate surface area is 189 Å². The van der Waals surface area contributed by atoms with Crippen molar-refractivity contribution in [3.63, 3.8) is 0 Å². The Kier molecular flexibility index (Phi) is 7.74. The predicted octanol–water partition coefficient (Wildman–Crippen LogP) is 5.54. The minimum absolute atomic E-state index is 0.0463. The number of hydrogen-bond donors (Lipinski definition) is 1. The molecule has 4 nitrogen and oxygen atoms in total. The van der Waals surface area contributed by atoms with Crippen LogP contribution in [0.4, 0.5) is 0 Å². The van der Waals surface area contributed by atoms with Crippen LogP contribution in [0.5, 0.6) is 0 Å². The molecule has 1 unspecified atom stereocenters. The summed E-state index contributed by atoms with van der Waals surface area (Å²) in [5.74, 6) is 1.27. The summed E-state index contributed by atoms with van der Waals surface area (Å²) in [4.78, 5) is 0. The van der Waals surface area contributed by atoms with Crippen LogP contribution in [0.2, 0.25) is 0 Å². The molecule has 3 aromatic rings. The van der Waals surface area contributed by atoms with Crippen molar-refractivity contribution >= 4 is 0 Å². The summed E-state index contributed by atoms with van der Waals surface area (Å²) in [6, 6.07) is 30.1. The van der Waals surface area contributed by atoms with Crippen LogP contribution in [0.1, 0.15) is 23.1 Å². The molecular formula is C28H28O4. The van der Waals surface area contributed by atoms with E-state index in [4.69, 9.17) is 14.2 Å². The molecule has 0 spiro atoms. The molecule has 1 aliphatic rings. The van der Waals surface area contributed by atoms with E-state index in [-0.39, 0.29) is 12.7 Å². The molecule has 32 heavy (non-hydrogen) atoms. The lowest BCUT2D eigenvalue weighted by Crippen LogP contribution is -2.25. The maximum absolute atomic E-state index is 9.85. The third kappa shape index (κ3) is 6.10. The fraction of sp³-hybridized carbons (Fsp3) is 0.214. The predicted molar refractivity (Wildman–Crippen MR) is 124 cm³/mol. The van der Waals surface area contributed by atoms with E-state index >= 15 is 0 Å². The quantitative estimate of drug-likeness (QED) is 0.461. The number of hydrogen-bond acceptors (Lipinski definition) is 4. The average molecular weight is 429 g/mol. The largest absolute Gasteiger partial charge is 0.487 e. The first kappa shape index (κ1) is 21.9. The van der Waals surface area contributed by atoms with Gasteiger partial charge in [0.05, 0.1) is 13.2 Å². The first-order chi connectivity index (χ1) is 15.8. The zero-order valence-corrected chi connectivity index (χ0v) is 18.0. The molecule has 1 atom stereocenters.